The number of nitrogens with one attached hydrogen (secondary N) is 2. The number of nitrogens with zero attached hydrogens (tertiary/aromatic N) is 1. The maximum Gasteiger partial charge on any atom is 0.263 e. The SMILES string of the molecule is CC(C)CN/C=C(/C#N)C(=O)NCCc1ccc(O)cc1. The smallest absolute Gasteiger partial charge is 0.263 e. The third kappa shape index (κ3) is 6.48. The van der Waals surface area contributed by atoms with Crippen molar-refractivity contribution in [2.45, 2.75) is 20.3 Å². The van der Waals surface area contributed by atoms with Crippen molar-refractivity contribution < 1.29 is 9.90 Å². The Morgan fingerprint density at radius 1 is 1.38 bits per heavy atom. The summed E-state index contributed by atoms with van der Waals surface area (Å²) in [4.78, 5) is 11.8. The van der Waals surface area contributed by atoms with Gasteiger partial charge < -0.3 is 15.7 Å². The minimum atomic E-state index is -0.382. The zero-order chi connectivity index (χ0) is 15.7. The molecule has 0 unspecified atom stereocenters. The monoisotopic (exact) mass is 287 g/mol. The van der Waals surface area contributed by atoms with Crippen LogP contribution in [0.25, 0.3) is 0 Å². The molecule has 0 aliphatic heterocycles. The Bertz CT molecular complexity index is 527. The van der Waals surface area contributed by atoms with Crippen LogP contribution in [0.1, 0.15) is 19.4 Å². The molecule has 1 amide bonds. The van der Waals surface area contributed by atoms with Crippen molar-refractivity contribution in [3.05, 3.63) is 41.6 Å². The van der Waals surface area contributed by atoms with Gasteiger partial charge in [0.2, 0.25) is 0 Å². The third-order valence-corrected chi connectivity index (χ3v) is 2.77. The van der Waals surface area contributed by atoms with Crippen molar-refractivity contribution in [3.63, 3.8) is 0 Å². The number of hydrogen-bond acceptors (Lipinski definition) is 4. The second-order valence-corrected chi connectivity index (χ2v) is 5.14. The molecule has 0 saturated heterocycles. The van der Waals surface area contributed by atoms with Crippen LogP contribution in [0, 0.1) is 17.2 Å². The van der Waals surface area contributed by atoms with Crippen molar-refractivity contribution in [1.29, 1.82) is 5.26 Å². The highest BCUT2D eigenvalue weighted by Crippen LogP contribution is 2.09. The van der Waals surface area contributed by atoms with Crippen molar-refractivity contribution >= 4 is 5.91 Å². The van der Waals surface area contributed by atoms with E-state index in [1.54, 1.807) is 24.3 Å². The lowest BCUT2D eigenvalue weighted by Gasteiger charge is -2.06. The van der Waals surface area contributed by atoms with Crippen LogP contribution >= 0.6 is 0 Å². The van der Waals surface area contributed by atoms with Gasteiger partial charge in [0.1, 0.15) is 17.4 Å². The summed E-state index contributed by atoms with van der Waals surface area (Å²) in [5.74, 6) is 0.278. The van der Waals surface area contributed by atoms with E-state index in [0.29, 0.717) is 25.4 Å². The fourth-order valence-corrected chi connectivity index (χ4v) is 1.62. The first-order valence-corrected chi connectivity index (χ1v) is 6.92. The largest absolute Gasteiger partial charge is 0.508 e. The molecule has 5 nitrogen and oxygen atoms in total. The molecule has 5 heteroatoms. The Labute approximate surface area is 125 Å². The Morgan fingerprint density at radius 2 is 2.05 bits per heavy atom. The summed E-state index contributed by atoms with van der Waals surface area (Å²) >= 11 is 0. The van der Waals surface area contributed by atoms with E-state index >= 15 is 0 Å². The normalized spacial score (nSPS) is 11.0. The van der Waals surface area contributed by atoms with E-state index < -0.39 is 0 Å². The van der Waals surface area contributed by atoms with Gasteiger partial charge in [-0.3, -0.25) is 4.79 Å². The van der Waals surface area contributed by atoms with Gasteiger partial charge in [0, 0.05) is 19.3 Å². The van der Waals surface area contributed by atoms with Crippen LogP contribution in [0.2, 0.25) is 0 Å². The topological polar surface area (TPSA) is 85.2 Å². The number of phenolic OH excluding ortho intramolecular Hbond substituents is 1. The van der Waals surface area contributed by atoms with Crippen LogP contribution in [-0.4, -0.2) is 24.1 Å². The number of amides is 1. The van der Waals surface area contributed by atoms with Gasteiger partial charge in [0.15, 0.2) is 0 Å². The fraction of sp³-hybridized carbons (Fsp3) is 0.375. The van der Waals surface area contributed by atoms with Crippen molar-refractivity contribution in [2.75, 3.05) is 13.1 Å². The molecule has 0 spiro atoms. The molecule has 0 bridgehead atoms. The predicted octanol–water partition coefficient (Wildman–Crippen LogP) is 1.70. The Hall–Kier alpha value is -2.48. The summed E-state index contributed by atoms with van der Waals surface area (Å²) in [5.41, 5.74) is 1.08. The fourth-order valence-electron chi connectivity index (χ4n) is 1.62. The minimum Gasteiger partial charge on any atom is -0.508 e. The van der Waals surface area contributed by atoms with Crippen LogP contribution in [0.15, 0.2) is 36.0 Å². The number of benzene rings is 1. The van der Waals surface area contributed by atoms with E-state index in [4.69, 9.17) is 5.26 Å². The zero-order valence-corrected chi connectivity index (χ0v) is 12.4. The molecule has 0 aliphatic carbocycles. The molecule has 21 heavy (non-hydrogen) atoms. The lowest BCUT2D eigenvalue weighted by atomic mass is 10.1. The maximum absolute atomic E-state index is 11.8. The van der Waals surface area contributed by atoms with E-state index in [9.17, 15) is 9.90 Å². The number of nitriles is 1. The molecule has 112 valence electrons. The van der Waals surface area contributed by atoms with Crippen LogP contribution < -0.4 is 10.6 Å². The molecule has 1 aromatic rings. The molecule has 0 atom stereocenters. The van der Waals surface area contributed by atoms with Crippen molar-refractivity contribution in [2.24, 2.45) is 5.92 Å². The summed E-state index contributed by atoms with van der Waals surface area (Å²) in [6.45, 7) is 5.24. The number of carbonyl (C=O) groups excluding carboxylic acids is 1. The molecular weight excluding hydrogens is 266 g/mol. The van der Waals surface area contributed by atoms with Crippen LogP contribution in [-0.2, 0) is 11.2 Å². The minimum absolute atomic E-state index is 0.0707. The van der Waals surface area contributed by atoms with Gasteiger partial charge in [0.25, 0.3) is 5.91 Å². The molecule has 0 aliphatic rings. The molecule has 0 heterocycles. The lowest BCUT2D eigenvalue weighted by molar-refractivity contribution is -0.117. The standard InChI is InChI=1S/C16H21N3O2/c1-12(2)10-18-11-14(9-17)16(21)19-8-7-13-3-5-15(20)6-4-13/h3-6,11-12,18,20H,7-8,10H2,1-2H3,(H,19,21)/b14-11-. The van der Waals surface area contributed by atoms with Crippen LogP contribution in [0.4, 0.5) is 0 Å². The first-order chi connectivity index (χ1) is 10.0. The summed E-state index contributed by atoms with van der Waals surface area (Å²) < 4.78 is 0. The van der Waals surface area contributed by atoms with E-state index in [-0.39, 0.29) is 17.2 Å². The molecule has 0 radical (unpaired) electrons. The summed E-state index contributed by atoms with van der Waals surface area (Å²) in [7, 11) is 0. The van der Waals surface area contributed by atoms with E-state index in [0.717, 1.165) is 5.56 Å². The van der Waals surface area contributed by atoms with E-state index in [1.807, 2.05) is 19.9 Å². The highest BCUT2D eigenvalue weighted by Gasteiger charge is 2.07. The number of hydrogen-bond donors (Lipinski definition) is 3. The lowest BCUT2D eigenvalue weighted by Crippen LogP contribution is -2.28. The first kappa shape index (κ1) is 16.6. The van der Waals surface area contributed by atoms with E-state index in [2.05, 4.69) is 10.6 Å². The van der Waals surface area contributed by atoms with Crippen molar-refractivity contribution in [3.8, 4) is 11.8 Å². The van der Waals surface area contributed by atoms with Crippen LogP contribution in [0.5, 0.6) is 5.75 Å². The summed E-state index contributed by atoms with van der Waals surface area (Å²) in [5, 5.41) is 23.8. The highest BCUT2D eigenvalue weighted by molar-refractivity contribution is 5.97. The molecule has 3 N–H and O–H groups in total. The summed E-state index contributed by atoms with van der Waals surface area (Å²) in [6, 6.07) is 8.69. The maximum atomic E-state index is 11.8. The van der Waals surface area contributed by atoms with Crippen LogP contribution in [0.3, 0.4) is 0 Å². The predicted molar refractivity (Wildman–Crippen MR) is 81.4 cm³/mol. The number of phenols is 1. The van der Waals surface area contributed by atoms with Gasteiger partial charge in [-0.15, -0.1) is 0 Å². The quantitative estimate of drug-likeness (QED) is 0.526. The van der Waals surface area contributed by atoms with Gasteiger partial charge in [0.05, 0.1) is 0 Å². The third-order valence-electron chi connectivity index (χ3n) is 2.77. The highest BCUT2D eigenvalue weighted by atomic mass is 16.3. The average molecular weight is 287 g/mol. The Kier molecular flexibility index (Phi) is 6.82. The molecular formula is C16H21N3O2. The Balaban J connectivity index is 2.41. The van der Waals surface area contributed by atoms with E-state index in [1.165, 1.54) is 6.20 Å². The summed E-state index contributed by atoms with van der Waals surface area (Å²) in [6.07, 6.45) is 2.10. The number of rotatable bonds is 7. The first-order valence-electron chi connectivity index (χ1n) is 6.92. The second-order valence-electron chi connectivity index (χ2n) is 5.14. The van der Waals surface area contributed by atoms with Gasteiger partial charge >= 0.3 is 0 Å². The van der Waals surface area contributed by atoms with Gasteiger partial charge in [-0.2, -0.15) is 5.26 Å². The van der Waals surface area contributed by atoms with Crippen molar-refractivity contribution in [1.82, 2.24) is 10.6 Å². The molecule has 1 aromatic carbocycles. The van der Waals surface area contributed by atoms with Gasteiger partial charge in [-0.05, 0) is 30.0 Å². The molecule has 1 rings (SSSR count). The Morgan fingerprint density at radius 3 is 2.62 bits per heavy atom. The average Bonchev–Trinajstić information content (AvgIpc) is 2.45. The molecule has 0 fully saturated rings. The number of carbonyl (C=O) groups is 1. The van der Waals surface area contributed by atoms with Gasteiger partial charge in [-0.1, -0.05) is 26.0 Å². The zero-order valence-electron chi connectivity index (χ0n) is 12.4. The second kappa shape index (κ2) is 8.64. The van der Waals surface area contributed by atoms with Gasteiger partial charge in [-0.25, -0.2) is 0 Å². The molecule has 0 saturated carbocycles. The molecule has 0 aromatic heterocycles. The number of aromatic hydroxyl groups is 1.